The zero-order chi connectivity index (χ0) is 12.4. The SMILES string of the molecule is Cl.Cl.NCC1CCN(c2ncnc3ccccc23)CC1. The molecule has 2 aromatic rings. The van der Waals surface area contributed by atoms with Gasteiger partial charge in [-0.3, -0.25) is 0 Å². The van der Waals surface area contributed by atoms with Gasteiger partial charge in [0, 0.05) is 18.5 Å². The van der Waals surface area contributed by atoms with Crippen LogP contribution in [0.5, 0.6) is 0 Å². The highest BCUT2D eigenvalue weighted by Crippen LogP contribution is 2.26. The quantitative estimate of drug-likeness (QED) is 0.926. The molecule has 110 valence electrons. The summed E-state index contributed by atoms with van der Waals surface area (Å²) in [4.78, 5) is 11.1. The summed E-state index contributed by atoms with van der Waals surface area (Å²) >= 11 is 0. The maximum absolute atomic E-state index is 5.73. The zero-order valence-corrected chi connectivity index (χ0v) is 12.9. The first-order valence-electron chi connectivity index (χ1n) is 6.53. The van der Waals surface area contributed by atoms with Crippen molar-refractivity contribution in [2.75, 3.05) is 24.5 Å². The van der Waals surface area contributed by atoms with Gasteiger partial charge in [0.2, 0.25) is 0 Å². The van der Waals surface area contributed by atoms with Gasteiger partial charge in [0.15, 0.2) is 0 Å². The fourth-order valence-electron chi connectivity index (χ4n) is 2.62. The van der Waals surface area contributed by atoms with Gasteiger partial charge in [0.25, 0.3) is 0 Å². The van der Waals surface area contributed by atoms with E-state index in [9.17, 15) is 0 Å². The Kier molecular flexibility index (Phi) is 6.46. The highest BCUT2D eigenvalue weighted by molar-refractivity contribution is 5.89. The summed E-state index contributed by atoms with van der Waals surface area (Å²) in [6, 6.07) is 8.19. The molecule has 2 heterocycles. The van der Waals surface area contributed by atoms with Gasteiger partial charge in [-0.1, -0.05) is 12.1 Å². The molecule has 1 aromatic heterocycles. The molecule has 0 saturated carbocycles. The van der Waals surface area contributed by atoms with E-state index in [4.69, 9.17) is 5.73 Å². The van der Waals surface area contributed by atoms with Gasteiger partial charge in [0.1, 0.15) is 12.1 Å². The van der Waals surface area contributed by atoms with Crippen LogP contribution in [-0.4, -0.2) is 29.6 Å². The maximum Gasteiger partial charge on any atom is 0.139 e. The Morgan fingerprint density at radius 2 is 1.80 bits per heavy atom. The molecule has 0 radical (unpaired) electrons. The molecule has 0 aliphatic carbocycles. The molecule has 1 fully saturated rings. The summed E-state index contributed by atoms with van der Waals surface area (Å²) in [5.74, 6) is 1.74. The number of hydrogen-bond acceptors (Lipinski definition) is 4. The Balaban J connectivity index is 0.000001000. The Morgan fingerprint density at radius 1 is 1.10 bits per heavy atom. The first kappa shape index (κ1) is 17.0. The first-order valence-corrected chi connectivity index (χ1v) is 6.53. The second-order valence-electron chi connectivity index (χ2n) is 4.88. The second-order valence-corrected chi connectivity index (χ2v) is 4.88. The van der Waals surface area contributed by atoms with Crippen molar-refractivity contribution in [1.82, 2.24) is 9.97 Å². The molecule has 6 heteroatoms. The van der Waals surface area contributed by atoms with Crippen LogP contribution in [0.4, 0.5) is 5.82 Å². The minimum absolute atomic E-state index is 0. The van der Waals surface area contributed by atoms with Crippen LogP contribution >= 0.6 is 24.8 Å². The lowest BCUT2D eigenvalue weighted by Crippen LogP contribution is -2.36. The predicted octanol–water partition coefficient (Wildman–Crippen LogP) is 2.65. The molecule has 1 aromatic carbocycles. The van der Waals surface area contributed by atoms with E-state index < -0.39 is 0 Å². The van der Waals surface area contributed by atoms with Crippen LogP contribution in [0.25, 0.3) is 10.9 Å². The zero-order valence-electron chi connectivity index (χ0n) is 11.2. The number of benzene rings is 1. The lowest BCUT2D eigenvalue weighted by Gasteiger charge is -2.32. The molecule has 1 aliphatic rings. The molecule has 0 spiro atoms. The molecule has 20 heavy (non-hydrogen) atoms. The van der Waals surface area contributed by atoms with Gasteiger partial charge in [-0.05, 0) is 37.4 Å². The van der Waals surface area contributed by atoms with Crippen molar-refractivity contribution in [3.05, 3.63) is 30.6 Å². The number of nitrogens with zero attached hydrogens (tertiary/aromatic N) is 3. The van der Waals surface area contributed by atoms with E-state index in [1.807, 2.05) is 18.2 Å². The van der Waals surface area contributed by atoms with Gasteiger partial charge in [-0.2, -0.15) is 0 Å². The monoisotopic (exact) mass is 314 g/mol. The number of anilines is 1. The minimum Gasteiger partial charge on any atom is -0.356 e. The third-order valence-corrected chi connectivity index (χ3v) is 3.77. The molecule has 1 saturated heterocycles. The third-order valence-electron chi connectivity index (χ3n) is 3.77. The largest absolute Gasteiger partial charge is 0.356 e. The average molecular weight is 315 g/mol. The first-order chi connectivity index (χ1) is 8.88. The van der Waals surface area contributed by atoms with Crippen LogP contribution in [0.15, 0.2) is 30.6 Å². The van der Waals surface area contributed by atoms with Crippen molar-refractivity contribution in [2.45, 2.75) is 12.8 Å². The van der Waals surface area contributed by atoms with Crippen LogP contribution in [-0.2, 0) is 0 Å². The predicted molar refractivity (Wildman–Crippen MR) is 88.0 cm³/mol. The van der Waals surface area contributed by atoms with Gasteiger partial charge in [-0.15, -0.1) is 24.8 Å². The standard InChI is InChI=1S/C14H18N4.2ClH/c15-9-11-5-7-18(8-6-11)14-12-3-1-2-4-13(12)16-10-17-14;;/h1-4,10-11H,5-9,15H2;2*1H. The fraction of sp³-hybridized carbons (Fsp3) is 0.429. The molecular weight excluding hydrogens is 295 g/mol. The van der Waals surface area contributed by atoms with E-state index in [0.29, 0.717) is 5.92 Å². The number of para-hydroxylation sites is 1. The topological polar surface area (TPSA) is 55.0 Å². The molecule has 4 nitrogen and oxygen atoms in total. The number of nitrogens with two attached hydrogens (primary N) is 1. The van der Waals surface area contributed by atoms with E-state index in [0.717, 1.165) is 49.2 Å². The minimum atomic E-state index is 0. The van der Waals surface area contributed by atoms with E-state index in [1.165, 1.54) is 0 Å². The molecule has 3 rings (SSSR count). The van der Waals surface area contributed by atoms with Gasteiger partial charge in [-0.25, -0.2) is 9.97 Å². The van der Waals surface area contributed by atoms with E-state index in [2.05, 4.69) is 20.9 Å². The number of piperidine rings is 1. The summed E-state index contributed by atoms with van der Waals surface area (Å²) < 4.78 is 0. The van der Waals surface area contributed by atoms with Crippen molar-refractivity contribution in [1.29, 1.82) is 0 Å². The Morgan fingerprint density at radius 3 is 2.50 bits per heavy atom. The fourth-order valence-corrected chi connectivity index (χ4v) is 2.62. The Labute approximate surface area is 131 Å². The van der Waals surface area contributed by atoms with Crippen molar-refractivity contribution in [3.8, 4) is 0 Å². The Hall–Kier alpha value is -1.10. The summed E-state index contributed by atoms with van der Waals surface area (Å²) in [5.41, 5.74) is 6.75. The van der Waals surface area contributed by atoms with Gasteiger partial charge < -0.3 is 10.6 Å². The molecule has 0 unspecified atom stereocenters. The molecule has 0 bridgehead atoms. The highest BCUT2D eigenvalue weighted by Gasteiger charge is 2.20. The van der Waals surface area contributed by atoms with Gasteiger partial charge in [0.05, 0.1) is 5.52 Å². The van der Waals surface area contributed by atoms with Crippen LogP contribution in [0.2, 0.25) is 0 Å². The van der Waals surface area contributed by atoms with E-state index in [1.54, 1.807) is 6.33 Å². The summed E-state index contributed by atoms with van der Waals surface area (Å²) in [6.07, 6.45) is 3.98. The van der Waals surface area contributed by atoms with Crippen molar-refractivity contribution >= 4 is 41.5 Å². The number of rotatable bonds is 2. The number of halogens is 2. The summed E-state index contributed by atoms with van der Waals surface area (Å²) in [6.45, 7) is 2.89. The summed E-state index contributed by atoms with van der Waals surface area (Å²) in [5, 5.41) is 1.14. The Bertz CT molecular complexity index is 536. The number of aromatic nitrogens is 2. The lowest BCUT2D eigenvalue weighted by molar-refractivity contribution is 0.413. The smallest absolute Gasteiger partial charge is 0.139 e. The summed E-state index contributed by atoms with van der Waals surface area (Å²) in [7, 11) is 0. The second kappa shape index (κ2) is 7.62. The van der Waals surface area contributed by atoms with Crippen LogP contribution in [0.3, 0.4) is 0 Å². The third kappa shape index (κ3) is 3.32. The molecule has 0 atom stereocenters. The highest BCUT2D eigenvalue weighted by atomic mass is 35.5. The van der Waals surface area contributed by atoms with Gasteiger partial charge >= 0.3 is 0 Å². The van der Waals surface area contributed by atoms with E-state index >= 15 is 0 Å². The normalized spacial score (nSPS) is 15.6. The maximum atomic E-state index is 5.73. The molecule has 2 N–H and O–H groups in total. The van der Waals surface area contributed by atoms with E-state index in [-0.39, 0.29) is 24.8 Å². The number of fused-ring (bicyclic) bond motifs is 1. The van der Waals surface area contributed by atoms with Crippen molar-refractivity contribution in [3.63, 3.8) is 0 Å². The molecular formula is C14H20Cl2N4. The van der Waals surface area contributed by atoms with Crippen molar-refractivity contribution < 1.29 is 0 Å². The number of hydrogen-bond donors (Lipinski definition) is 1. The lowest BCUT2D eigenvalue weighted by atomic mass is 9.97. The molecule has 0 amide bonds. The average Bonchev–Trinajstić information content (AvgIpc) is 2.47. The van der Waals surface area contributed by atoms with Crippen LogP contribution in [0.1, 0.15) is 12.8 Å². The van der Waals surface area contributed by atoms with Crippen LogP contribution < -0.4 is 10.6 Å². The van der Waals surface area contributed by atoms with Crippen LogP contribution in [0, 0.1) is 5.92 Å². The van der Waals surface area contributed by atoms with Crippen molar-refractivity contribution in [2.24, 2.45) is 11.7 Å². The molecule has 1 aliphatic heterocycles.